The predicted octanol–water partition coefficient (Wildman–Crippen LogP) is 0.402. The second kappa shape index (κ2) is 3.78. The highest BCUT2D eigenvalue weighted by Crippen LogP contribution is 2.52. The van der Waals surface area contributed by atoms with Crippen LogP contribution < -0.4 is 11.5 Å². The first-order chi connectivity index (χ1) is 7.47. The molecule has 0 unspecified atom stereocenters. The molecule has 0 bridgehead atoms. The zero-order chi connectivity index (χ0) is 11.9. The van der Waals surface area contributed by atoms with Gasteiger partial charge in [0.25, 0.3) is 0 Å². The first kappa shape index (κ1) is 11.5. The normalized spacial score (nSPS) is 33.7. The molecule has 88 valence electrons. The quantitative estimate of drug-likeness (QED) is 0.650. The largest absolute Gasteiger partial charge is 0.481 e. The van der Waals surface area contributed by atoms with E-state index in [4.69, 9.17) is 11.5 Å². The van der Waals surface area contributed by atoms with Crippen LogP contribution in [0.5, 0.6) is 0 Å². The number of primary amides is 1. The molecule has 1 heterocycles. The van der Waals surface area contributed by atoms with Gasteiger partial charge < -0.3 is 16.6 Å². The van der Waals surface area contributed by atoms with Gasteiger partial charge in [0.2, 0.25) is 5.91 Å². The summed E-state index contributed by atoms with van der Waals surface area (Å²) in [4.78, 5) is 22.1. The van der Waals surface area contributed by atoms with Crippen molar-refractivity contribution in [2.45, 2.75) is 30.6 Å². The lowest BCUT2D eigenvalue weighted by atomic mass is 9.84. The van der Waals surface area contributed by atoms with Crippen molar-refractivity contribution >= 4 is 23.6 Å². The minimum Gasteiger partial charge on any atom is -0.481 e. The van der Waals surface area contributed by atoms with Gasteiger partial charge in [0.15, 0.2) is 4.87 Å². The third-order valence-electron chi connectivity index (χ3n) is 3.16. The molecule has 5 N–H and O–H groups in total. The summed E-state index contributed by atoms with van der Waals surface area (Å²) in [6, 6.07) is 0. The zero-order valence-electron chi connectivity index (χ0n) is 8.73. The Morgan fingerprint density at radius 2 is 2.00 bits per heavy atom. The standard InChI is InChI=1S/C10H14N2O3S/c11-9(15)10(12)7(8(13)14)5-3-1-2-4-6(5)16-10/h7H,1-4,12H2,(H2,11,15)(H,13,14)/t7-,10+/m1/s1. The van der Waals surface area contributed by atoms with Crippen molar-refractivity contribution in [1.29, 1.82) is 0 Å². The smallest absolute Gasteiger partial charge is 0.314 e. The summed E-state index contributed by atoms with van der Waals surface area (Å²) in [5, 5.41) is 9.20. The molecule has 0 saturated heterocycles. The summed E-state index contributed by atoms with van der Waals surface area (Å²) < 4.78 is 0. The van der Waals surface area contributed by atoms with Crippen molar-refractivity contribution in [3.05, 3.63) is 10.5 Å². The highest BCUT2D eigenvalue weighted by atomic mass is 32.2. The minimum absolute atomic E-state index is 0.714. The van der Waals surface area contributed by atoms with Crippen molar-refractivity contribution in [3.8, 4) is 0 Å². The molecule has 0 aromatic carbocycles. The molecule has 2 atom stereocenters. The van der Waals surface area contributed by atoms with Crippen LogP contribution in [0.2, 0.25) is 0 Å². The van der Waals surface area contributed by atoms with Crippen LogP contribution in [0.1, 0.15) is 25.7 Å². The van der Waals surface area contributed by atoms with Gasteiger partial charge in [0.05, 0.1) is 0 Å². The van der Waals surface area contributed by atoms with Gasteiger partial charge in [0.1, 0.15) is 5.92 Å². The summed E-state index contributed by atoms with van der Waals surface area (Å²) in [5.41, 5.74) is 11.9. The average Bonchev–Trinajstić information content (AvgIpc) is 2.51. The number of carboxylic acid groups (broad SMARTS) is 1. The van der Waals surface area contributed by atoms with Crippen LogP contribution in [0.4, 0.5) is 0 Å². The number of rotatable bonds is 2. The number of thioether (sulfide) groups is 1. The number of hydrogen-bond donors (Lipinski definition) is 3. The Kier molecular flexibility index (Phi) is 2.71. The number of aliphatic carboxylic acids is 1. The summed E-state index contributed by atoms with van der Waals surface area (Å²) in [7, 11) is 0. The van der Waals surface area contributed by atoms with Crippen molar-refractivity contribution in [3.63, 3.8) is 0 Å². The van der Waals surface area contributed by atoms with Gasteiger partial charge in [-0.05, 0) is 36.2 Å². The number of carbonyl (C=O) groups excluding carboxylic acids is 1. The van der Waals surface area contributed by atoms with Crippen LogP contribution in [0.15, 0.2) is 10.5 Å². The van der Waals surface area contributed by atoms with E-state index in [1.807, 2.05) is 0 Å². The molecule has 0 spiro atoms. The monoisotopic (exact) mass is 242 g/mol. The molecule has 6 heteroatoms. The van der Waals surface area contributed by atoms with Crippen LogP contribution in [0.25, 0.3) is 0 Å². The molecule has 2 aliphatic rings. The van der Waals surface area contributed by atoms with Gasteiger partial charge in [-0.15, -0.1) is 0 Å². The van der Waals surface area contributed by atoms with Crippen LogP contribution >= 0.6 is 11.8 Å². The van der Waals surface area contributed by atoms with Crippen molar-refractivity contribution in [2.24, 2.45) is 17.4 Å². The molecular weight excluding hydrogens is 228 g/mol. The Bertz CT molecular complexity index is 394. The summed E-state index contributed by atoms with van der Waals surface area (Å²) in [6.07, 6.45) is 3.51. The number of carbonyl (C=O) groups is 2. The molecule has 0 fully saturated rings. The Morgan fingerprint density at radius 1 is 1.38 bits per heavy atom. The molecule has 0 radical (unpaired) electrons. The number of carboxylic acids is 1. The molecule has 1 amide bonds. The Morgan fingerprint density at radius 3 is 2.56 bits per heavy atom. The van der Waals surface area contributed by atoms with E-state index in [2.05, 4.69) is 0 Å². The van der Waals surface area contributed by atoms with Crippen LogP contribution in [-0.4, -0.2) is 21.9 Å². The van der Waals surface area contributed by atoms with Gasteiger partial charge in [-0.25, -0.2) is 0 Å². The van der Waals surface area contributed by atoms with Crippen LogP contribution in [-0.2, 0) is 9.59 Å². The fourth-order valence-corrected chi connectivity index (χ4v) is 3.84. The molecule has 1 aliphatic heterocycles. The topological polar surface area (TPSA) is 106 Å². The second-order valence-corrected chi connectivity index (χ2v) is 5.56. The fourth-order valence-electron chi connectivity index (χ4n) is 2.37. The molecule has 1 aliphatic carbocycles. The van der Waals surface area contributed by atoms with Crippen molar-refractivity contribution in [1.82, 2.24) is 0 Å². The Balaban J connectivity index is 2.42. The number of nitrogens with two attached hydrogens (primary N) is 2. The second-order valence-electron chi connectivity index (χ2n) is 4.19. The molecule has 5 nitrogen and oxygen atoms in total. The molecule has 0 aromatic rings. The van der Waals surface area contributed by atoms with E-state index in [9.17, 15) is 14.7 Å². The molecule has 0 saturated carbocycles. The maximum atomic E-state index is 11.4. The van der Waals surface area contributed by atoms with E-state index in [1.54, 1.807) is 0 Å². The maximum absolute atomic E-state index is 11.4. The summed E-state index contributed by atoms with van der Waals surface area (Å²) >= 11 is 1.14. The average molecular weight is 242 g/mol. The third-order valence-corrected chi connectivity index (χ3v) is 4.65. The number of amides is 1. The molecule has 2 rings (SSSR count). The summed E-state index contributed by atoms with van der Waals surface area (Å²) in [6.45, 7) is 0. The number of allylic oxidation sites excluding steroid dienone is 1. The molecule has 0 aromatic heterocycles. The minimum atomic E-state index is -1.50. The predicted molar refractivity (Wildman–Crippen MR) is 60.3 cm³/mol. The molecule has 16 heavy (non-hydrogen) atoms. The summed E-state index contributed by atoms with van der Waals surface area (Å²) in [5.74, 6) is -2.76. The number of hydrogen-bond acceptors (Lipinski definition) is 4. The lowest BCUT2D eigenvalue weighted by Crippen LogP contribution is -2.55. The van der Waals surface area contributed by atoms with Gasteiger partial charge >= 0.3 is 5.97 Å². The van der Waals surface area contributed by atoms with E-state index in [0.717, 1.165) is 41.5 Å². The van der Waals surface area contributed by atoms with Crippen molar-refractivity contribution < 1.29 is 14.7 Å². The maximum Gasteiger partial charge on any atom is 0.314 e. The molecular formula is C10H14N2O3S. The van der Waals surface area contributed by atoms with E-state index in [-0.39, 0.29) is 0 Å². The first-order valence-corrected chi connectivity index (χ1v) is 6.01. The highest BCUT2D eigenvalue weighted by molar-refractivity contribution is 8.05. The van der Waals surface area contributed by atoms with Gasteiger partial charge in [-0.3, -0.25) is 9.59 Å². The van der Waals surface area contributed by atoms with E-state index >= 15 is 0 Å². The zero-order valence-corrected chi connectivity index (χ0v) is 9.55. The third kappa shape index (κ3) is 1.53. The lowest BCUT2D eigenvalue weighted by molar-refractivity contribution is -0.143. The van der Waals surface area contributed by atoms with E-state index < -0.39 is 22.7 Å². The first-order valence-electron chi connectivity index (χ1n) is 5.19. The highest BCUT2D eigenvalue weighted by Gasteiger charge is 2.54. The fraction of sp³-hybridized carbons (Fsp3) is 0.600. The van der Waals surface area contributed by atoms with Crippen LogP contribution in [0, 0.1) is 5.92 Å². The van der Waals surface area contributed by atoms with E-state index in [1.165, 1.54) is 0 Å². The van der Waals surface area contributed by atoms with Crippen LogP contribution in [0.3, 0.4) is 0 Å². The van der Waals surface area contributed by atoms with Crippen molar-refractivity contribution in [2.75, 3.05) is 0 Å². The SMILES string of the molecule is NC(=O)[C@@]1(N)SC2=C(CCCC2)[C@@H]1C(=O)O. The van der Waals surface area contributed by atoms with E-state index in [0.29, 0.717) is 6.42 Å². The van der Waals surface area contributed by atoms with Gasteiger partial charge in [-0.2, -0.15) is 0 Å². The Hall–Kier alpha value is -1.01. The van der Waals surface area contributed by atoms with Gasteiger partial charge in [-0.1, -0.05) is 11.8 Å². The Labute approximate surface area is 97.2 Å². The van der Waals surface area contributed by atoms with Gasteiger partial charge in [0, 0.05) is 0 Å². The lowest BCUT2D eigenvalue weighted by Gasteiger charge is -2.25.